The van der Waals surface area contributed by atoms with Crippen molar-refractivity contribution in [2.75, 3.05) is 5.32 Å². The number of primary amides is 1. The normalized spacial score (nSPS) is 11.8. The Bertz CT molecular complexity index is 999. The number of amides is 2. The maximum Gasteiger partial charge on any atom is 0.251 e. The second-order valence-electron chi connectivity index (χ2n) is 5.72. The Balaban J connectivity index is 1.78. The van der Waals surface area contributed by atoms with Crippen molar-refractivity contribution in [2.45, 2.75) is 23.9 Å². The van der Waals surface area contributed by atoms with Crippen LogP contribution in [0.4, 0.5) is 5.00 Å². The molecule has 0 radical (unpaired) electrons. The van der Waals surface area contributed by atoms with Gasteiger partial charge in [-0.05, 0) is 30.5 Å². The summed E-state index contributed by atoms with van der Waals surface area (Å²) in [4.78, 5) is 28.1. The van der Waals surface area contributed by atoms with Crippen molar-refractivity contribution < 1.29 is 9.59 Å². The zero-order valence-corrected chi connectivity index (χ0v) is 16.7. The van der Waals surface area contributed by atoms with Crippen LogP contribution in [0.2, 0.25) is 0 Å². The van der Waals surface area contributed by atoms with E-state index in [0.29, 0.717) is 28.1 Å². The monoisotopic (exact) mass is 414 g/mol. The lowest BCUT2D eigenvalue weighted by Crippen LogP contribution is -2.24. The van der Waals surface area contributed by atoms with Gasteiger partial charge in [-0.2, -0.15) is 0 Å². The minimum absolute atomic E-state index is 0.258. The van der Waals surface area contributed by atoms with Crippen molar-refractivity contribution in [3.05, 3.63) is 54.2 Å². The van der Waals surface area contributed by atoms with Crippen LogP contribution >= 0.6 is 23.1 Å². The summed E-state index contributed by atoms with van der Waals surface area (Å²) in [5, 5.41) is 13.5. The molecule has 0 saturated heterocycles. The maximum absolute atomic E-state index is 12.6. The van der Waals surface area contributed by atoms with E-state index in [1.54, 1.807) is 36.8 Å². The van der Waals surface area contributed by atoms with Crippen LogP contribution in [0.5, 0.6) is 0 Å². The molecule has 0 spiro atoms. The molecule has 2 amide bonds. The summed E-state index contributed by atoms with van der Waals surface area (Å²) in [5.41, 5.74) is 6.44. The van der Waals surface area contributed by atoms with Crippen LogP contribution in [0.1, 0.15) is 17.3 Å². The smallest absolute Gasteiger partial charge is 0.251 e. The molecule has 0 unspecified atom stereocenters. The fourth-order valence-electron chi connectivity index (χ4n) is 2.40. The highest BCUT2D eigenvalue weighted by molar-refractivity contribution is 8.00. The number of thioether (sulfide) groups is 1. The third kappa shape index (κ3) is 4.29. The number of anilines is 1. The molecule has 0 fully saturated rings. The van der Waals surface area contributed by atoms with Gasteiger partial charge in [-0.1, -0.05) is 17.8 Å². The lowest BCUT2D eigenvalue weighted by Gasteiger charge is -2.12. The summed E-state index contributed by atoms with van der Waals surface area (Å²) < 4.78 is 1.87. The van der Waals surface area contributed by atoms with Crippen LogP contribution in [0.3, 0.4) is 0 Å². The summed E-state index contributed by atoms with van der Waals surface area (Å²) in [5.74, 6) is -0.188. The van der Waals surface area contributed by atoms with E-state index >= 15 is 0 Å². The fraction of sp³-hybridized carbons (Fsp3) is 0.167. The first-order valence-electron chi connectivity index (χ1n) is 8.30. The van der Waals surface area contributed by atoms with Gasteiger partial charge in [-0.3, -0.25) is 19.1 Å². The van der Waals surface area contributed by atoms with Crippen molar-refractivity contribution in [1.82, 2.24) is 19.7 Å². The molecule has 28 heavy (non-hydrogen) atoms. The first kappa shape index (κ1) is 19.8. The molecule has 0 bridgehead atoms. The second kappa shape index (κ2) is 8.81. The number of carbonyl (C=O) groups is 2. The Labute approximate surface area is 169 Å². The Hall–Kier alpha value is -2.98. The maximum atomic E-state index is 12.6. The number of nitrogens with one attached hydrogen (secondary N) is 1. The van der Waals surface area contributed by atoms with Crippen molar-refractivity contribution in [3.63, 3.8) is 0 Å². The van der Waals surface area contributed by atoms with Gasteiger partial charge in [-0.15, -0.1) is 28.1 Å². The van der Waals surface area contributed by atoms with Gasteiger partial charge < -0.3 is 11.1 Å². The molecule has 3 aromatic rings. The van der Waals surface area contributed by atoms with Crippen LogP contribution in [0, 0.1) is 0 Å². The summed E-state index contributed by atoms with van der Waals surface area (Å²) in [7, 11) is 0. The fourth-order valence-corrected chi connectivity index (χ4v) is 4.06. The highest BCUT2D eigenvalue weighted by Crippen LogP contribution is 2.28. The Kier molecular flexibility index (Phi) is 6.22. The van der Waals surface area contributed by atoms with Gasteiger partial charge in [0.15, 0.2) is 11.0 Å². The zero-order valence-electron chi connectivity index (χ0n) is 15.0. The number of hydrogen-bond donors (Lipinski definition) is 2. The molecule has 10 heteroatoms. The van der Waals surface area contributed by atoms with Gasteiger partial charge in [0.1, 0.15) is 5.00 Å². The molecule has 8 nitrogen and oxygen atoms in total. The molecule has 3 rings (SSSR count). The zero-order chi connectivity index (χ0) is 20.1. The molecule has 3 aromatic heterocycles. The lowest BCUT2D eigenvalue weighted by molar-refractivity contribution is -0.115. The number of carbonyl (C=O) groups excluding carboxylic acids is 2. The highest BCUT2D eigenvalue weighted by atomic mass is 32.2. The quantitative estimate of drug-likeness (QED) is 0.432. The SMILES string of the molecule is C=CCn1c(S[C@H](C)C(=O)Nc2sccc2C(N)=O)nnc1-c1cccnc1. The first-order valence-corrected chi connectivity index (χ1v) is 10.1. The molecule has 0 saturated carbocycles. The van der Waals surface area contributed by atoms with Crippen LogP contribution < -0.4 is 11.1 Å². The largest absolute Gasteiger partial charge is 0.366 e. The minimum Gasteiger partial charge on any atom is -0.366 e. The summed E-state index contributed by atoms with van der Waals surface area (Å²) in [6.07, 6.45) is 5.13. The van der Waals surface area contributed by atoms with Gasteiger partial charge in [0.2, 0.25) is 5.91 Å². The molecule has 1 atom stereocenters. The van der Waals surface area contributed by atoms with Gasteiger partial charge in [0, 0.05) is 24.5 Å². The predicted molar refractivity (Wildman–Crippen MR) is 110 cm³/mol. The number of hydrogen-bond acceptors (Lipinski definition) is 7. The van der Waals surface area contributed by atoms with E-state index in [-0.39, 0.29) is 5.91 Å². The number of allylic oxidation sites excluding steroid dienone is 1. The Morgan fingerprint density at radius 1 is 1.43 bits per heavy atom. The number of aromatic nitrogens is 4. The number of rotatable bonds is 8. The lowest BCUT2D eigenvalue weighted by atomic mass is 10.3. The molecular weight excluding hydrogens is 396 g/mol. The number of nitrogens with two attached hydrogens (primary N) is 1. The standard InChI is InChI=1S/C18H18N6O2S2/c1-3-8-24-15(12-5-4-7-20-10-12)22-23-18(24)28-11(2)16(26)21-17-13(14(19)25)6-9-27-17/h3-7,9-11H,1,8H2,2H3,(H2,19,25)(H,21,26)/t11-/m1/s1. The van der Waals surface area contributed by atoms with E-state index in [4.69, 9.17) is 5.73 Å². The van der Waals surface area contributed by atoms with Crippen molar-refractivity contribution in [2.24, 2.45) is 5.73 Å². The van der Waals surface area contributed by atoms with Gasteiger partial charge >= 0.3 is 0 Å². The third-order valence-corrected chi connectivity index (χ3v) is 5.68. The van der Waals surface area contributed by atoms with E-state index in [9.17, 15) is 9.59 Å². The van der Waals surface area contributed by atoms with Crippen LogP contribution in [0.25, 0.3) is 11.4 Å². The predicted octanol–water partition coefficient (Wildman–Crippen LogP) is 2.81. The molecule has 3 N–H and O–H groups in total. The van der Waals surface area contributed by atoms with Crippen molar-refractivity contribution in [1.29, 1.82) is 0 Å². The highest BCUT2D eigenvalue weighted by Gasteiger charge is 2.22. The van der Waals surface area contributed by atoms with Crippen LogP contribution in [0.15, 0.2) is 53.8 Å². The number of thiophene rings is 1. The first-order chi connectivity index (χ1) is 13.5. The molecule has 0 aliphatic heterocycles. The number of nitrogens with zero attached hydrogens (tertiary/aromatic N) is 4. The average molecular weight is 415 g/mol. The number of pyridine rings is 1. The molecule has 0 aliphatic carbocycles. The van der Waals surface area contributed by atoms with E-state index in [0.717, 1.165) is 5.56 Å². The Morgan fingerprint density at radius 2 is 2.25 bits per heavy atom. The molecule has 144 valence electrons. The van der Waals surface area contributed by atoms with Gasteiger partial charge in [-0.25, -0.2) is 0 Å². The summed E-state index contributed by atoms with van der Waals surface area (Å²) in [6, 6.07) is 5.30. The molecule has 3 heterocycles. The Morgan fingerprint density at radius 3 is 2.93 bits per heavy atom. The van der Waals surface area contributed by atoms with E-state index in [1.165, 1.54) is 23.1 Å². The van der Waals surface area contributed by atoms with E-state index in [1.807, 2.05) is 16.7 Å². The van der Waals surface area contributed by atoms with E-state index in [2.05, 4.69) is 27.1 Å². The summed E-state index contributed by atoms with van der Waals surface area (Å²) in [6.45, 7) is 6.03. The van der Waals surface area contributed by atoms with Crippen LogP contribution in [-0.2, 0) is 11.3 Å². The topological polar surface area (TPSA) is 116 Å². The second-order valence-corrected chi connectivity index (χ2v) is 7.95. The minimum atomic E-state index is -0.580. The van der Waals surface area contributed by atoms with Gasteiger partial charge in [0.25, 0.3) is 5.91 Å². The van der Waals surface area contributed by atoms with E-state index < -0.39 is 11.2 Å². The third-order valence-electron chi connectivity index (χ3n) is 3.77. The molecular formula is C18H18N6O2S2. The van der Waals surface area contributed by atoms with Crippen molar-refractivity contribution >= 4 is 39.9 Å². The molecule has 0 aliphatic rings. The van der Waals surface area contributed by atoms with Crippen molar-refractivity contribution in [3.8, 4) is 11.4 Å². The van der Waals surface area contributed by atoms with Crippen LogP contribution in [-0.4, -0.2) is 36.8 Å². The summed E-state index contributed by atoms with van der Waals surface area (Å²) >= 11 is 2.51. The molecule has 0 aromatic carbocycles. The van der Waals surface area contributed by atoms with Gasteiger partial charge in [0.05, 0.1) is 10.8 Å². The average Bonchev–Trinajstić information content (AvgIpc) is 3.30.